The molecule has 0 aromatic rings. The Hall–Kier alpha value is -0.130. The molecule has 2 aliphatic rings. The van der Waals surface area contributed by atoms with Crippen molar-refractivity contribution in [2.45, 2.75) is 31.7 Å². The van der Waals surface area contributed by atoms with Gasteiger partial charge >= 0.3 is 0 Å². The van der Waals surface area contributed by atoms with Gasteiger partial charge in [-0.3, -0.25) is 0 Å². The molecule has 2 fully saturated rings. The predicted octanol–water partition coefficient (Wildman–Crippen LogP) is 0.580. The van der Waals surface area contributed by atoms with Crippen LogP contribution in [-0.2, 0) is 14.6 Å². The van der Waals surface area contributed by atoms with E-state index in [2.05, 4.69) is 5.32 Å². The van der Waals surface area contributed by atoms with Gasteiger partial charge in [0.05, 0.1) is 11.5 Å². The average Bonchev–Trinajstić information content (AvgIpc) is 2.73. The molecule has 94 valence electrons. The number of nitrogens with one attached hydrogen (secondary N) is 1. The van der Waals surface area contributed by atoms with Crippen LogP contribution in [0.5, 0.6) is 0 Å². The second kappa shape index (κ2) is 5.47. The van der Waals surface area contributed by atoms with E-state index in [-0.39, 0.29) is 0 Å². The van der Waals surface area contributed by atoms with Crippen LogP contribution in [0, 0.1) is 5.92 Å². The van der Waals surface area contributed by atoms with Crippen molar-refractivity contribution in [3.8, 4) is 0 Å². The summed E-state index contributed by atoms with van der Waals surface area (Å²) in [6.45, 7) is 2.81. The Bertz CT molecular complexity index is 295. The van der Waals surface area contributed by atoms with Crippen molar-refractivity contribution in [2.24, 2.45) is 5.92 Å². The smallest absolute Gasteiger partial charge is 0.150 e. The van der Waals surface area contributed by atoms with Gasteiger partial charge in [-0.15, -0.1) is 0 Å². The van der Waals surface area contributed by atoms with E-state index in [0.29, 0.717) is 23.5 Å². The van der Waals surface area contributed by atoms with E-state index >= 15 is 0 Å². The molecule has 16 heavy (non-hydrogen) atoms. The van der Waals surface area contributed by atoms with Crippen LogP contribution in [0.4, 0.5) is 0 Å². The fourth-order valence-electron chi connectivity index (χ4n) is 2.40. The van der Waals surface area contributed by atoms with Crippen LogP contribution in [0.25, 0.3) is 0 Å². The van der Waals surface area contributed by atoms with Crippen LogP contribution >= 0.6 is 0 Å². The summed E-state index contributed by atoms with van der Waals surface area (Å²) < 4.78 is 27.8. The minimum Gasteiger partial charge on any atom is -0.381 e. The fraction of sp³-hybridized carbons (Fsp3) is 1.00. The van der Waals surface area contributed by atoms with Gasteiger partial charge in [-0.1, -0.05) is 0 Å². The zero-order valence-corrected chi connectivity index (χ0v) is 10.5. The summed E-state index contributed by atoms with van der Waals surface area (Å²) in [5.41, 5.74) is 0. The molecule has 0 amide bonds. The van der Waals surface area contributed by atoms with Crippen molar-refractivity contribution in [1.82, 2.24) is 5.32 Å². The van der Waals surface area contributed by atoms with Crippen molar-refractivity contribution in [2.75, 3.05) is 31.3 Å². The Balaban J connectivity index is 1.60. The standard InChI is InChI=1S/C11H21NO3S/c13-16(14)7-3-11(4-8-16)12-5-1-10-2-6-15-9-10/h10-12H,1-9H2. The highest BCUT2D eigenvalue weighted by Crippen LogP contribution is 2.16. The molecule has 5 heteroatoms. The third-order valence-corrected chi connectivity index (χ3v) is 5.28. The first-order chi connectivity index (χ1) is 7.66. The number of hydrogen-bond acceptors (Lipinski definition) is 4. The van der Waals surface area contributed by atoms with Crippen molar-refractivity contribution in [3.63, 3.8) is 0 Å². The molecule has 2 aliphatic heterocycles. The SMILES string of the molecule is O=S1(=O)CCC(NCCC2CCOC2)CC1. The lowest BCUT2D eigenvalue weighted by molar-refractivity contribution is 0.184. The molecule has 0 aromatic heterocycles. The summed E-state index contributed by atoms with van der Waals surface area (Å²) in [7, 11) is -2.72. The van der Waals surface area contributed by atoms with Crippen molar-refractivity contribution in [1.29, 1.82) is 0 Å². The van der Waals surface area contributed by atoms with Crippen molar-refractivity contribution >= 4 is 9.84 Å². The zero-order valence-electron chi connectivity index (χ0n) is 9.65. The Kier molecular flexibility index (Phi) is 4.21. The van der Waals surface area contributed by atoms with Gasteiger partial charge in [0.25, 0.3) is 0 Å². The van der Waals surface area contributed by atoms with Gasteiger partial charge < -0.3 is 10.1 Å². The van der Waals surface area contributed by atoms with Gasteiger partial charge in [0.2, 0.25) is 0 Å². The van der Waals surface area contributed by atoms with Crippen LogP contribution in [0.2, 0.25) is 0 Å². The van der Waals surface area contributed by atoms with Crippen LogP contribution in [0.1, 0.15) is 25.7 Å². The summed E-state index contributed by atoms with van der Waals surface area (Å²) >= 11 is 0. The number of rotatable bonds is 4. The molecule has 0 saturated carbocycles. The van der Waals surface area contributed by atoms with Gasteiger partial charge in [-0.05, 0) is 38.1 Å². The van der Waals surface area contributed by atoms with Gasteiger partial charge in [-0.25, -0.2) is 8.42 Å². The Morgan fingerprint density at radius 2 is 1.94 bits per heavy atom. The van der Waals surface area contributed by atoms with Gasteiger partial charge in [0, 0.05) is 19.3 Å². The van der Waals surface area contributed by atoms with E-state index in [9.17, 15) is 8.42 Å². The normalized spacial score (nSPS) is 30.6. The lowest BCUT2D eigenvalue weighted by Gasteiger charge is -2.23. The van der Waals surface area contributed by atoms with Crippen LogP contribution in [-0.4, -0.2) is 45.7 Å². The summed E-state index contributed by atoms with van der Waals surface area (Å²) in [6.07, 6.45) is 3.90. The van der Waals surface area contributed by atoms with E-state index in [1.807, 2.05) is 0 Å². The van der Waals surface area contributed by atoms with Crippen LogP contribution < -0.4 is 5.32 Å². The van der Waals surface area contributed by atoms with E-state index in [1.54, 1.807) is 0 Å². The molecule has 1 unspecified atom stereocenters. The first kappa shape index (κ1) is 12.3. The quantitative estimate of drug-likeness (QED) is 0.789. The Labute approximate surface area is 97.7 Å². The molecule has 0 radical (unpaired) electrons. The highest BCUT2D eigenvalue weighted by atomic mass is 32.2. The molecule has 0 aromatic carbocycles. The Morgan fingerprint density at radius 1 is 1.19 bits per heavy atom. The van der Waals surface area contributed by atoms with E-state index in [0.717, 1.165) is 39.0 Å². The first-order valence-electron chi connectivity index (χ1n) is 6.17. The van der Waals surface area contributed by atoms with Crippen LogP contribution in [0.15, 0.2) is 0 Å². The molecular formula is C11H21NO3S. The molecule has 1 atom stereocenters. The summed E-state index contributed by atoms with van der Waals surface area (Å²) in [6, 6.07) is 0.408. The third kappa shape index (κ3) is 3.71. The summed E-state index contributed by atoms with van der Waals surface area (Å²) in [5, 5.41) is 3.47. The van der Waals surface area contributed by atoms with E-state index in [4.69, 9.17) is 4.74 Å². The molecule has 0 bridgehead atoms. The largest absolute Gasteiger partial charge is 0.381 e. The van der Waals surface area contributed by atoms with Gasteiger partial charge in [0.15, 0.2) is 0 Å². The zero-order chi connectivity index (χ0) is 11.4. The highest BCUT2D eigenvalue weighted by molar-refractivity contribution is 7.91. The molecule has 1 N–H and O–H groups in total. The highest BCUT2D eigenvalue weighted by Gasteiger charge is 2.23. The number of sulfone groups is 1. The second-order valence-corrected chi connectivity index (χ2v) is 7.20. The molecule has 2 heterocycles. The molecule has 2 rings (SSSR count). The maximum absolute atomic E-state index is 11.2. The van der Waals surface area contributed by atoms with Crippen molar-refractivity contribution < 1.29 is 13.2 Å². The van der Waals surface area contributed by atoms with Gasteiger partial charge in [-0.2, -0.15) is 0 Å². The third-order valence-electron chi connectivity index (χ3n) is 3.56. The van der Waals surface area contributed by atoms with E-state index < -0.39 is 9.84 Å². The summed E-state index contributed by atoms with van der Waals surface area (Å²) in [4.78, 5) is 0. The minimum atomic E-state index is -2.72. The Morgan fingerprint density at radius 3 is 2.56 bits per heavy atom. The second-order valence-electron chi connectivity index (χ2n) is 4.90. The molecule has 4 nitrogen and oxygen atoms in total. The lowest BCUT2D eigenvalue weighted by Crippen LogP contribution is -2.38. The average molecular weight is 247 g/mol. The number of hydrogen-bond donors (Lipinski definition) is 1. The summed E-state index contributed by atoms with van der Waals surface area (Å²) in [5.74, 6) is 1.42. The molecule has 0 aliphatic carbocycles. The van der Waals surface area contributed by atoms with Gasteiger partial charge in [0.1, 0.15) is 9.84 Å². The monoisotopic (exact) mass is 247 g/mol. The molecule has 2 saturated heterocycles. The first-order valence-corrected chi connectivity index (χ1v) is 7.99. The minimum absolute atomic E-state index is 0.358. The number of ether oxygens (including phenoxy) is 1. The molecule has 0 spiro atoms. The topological polar surface area (TPSA) is 55.4 Å². The fourth-order valence-corrected chi connectivity index (χ4v) is 3.89. The predicted molar refractivity (Wildman–Crippen MR) is 63.2 cm³/mol. The molecular weight excluding hydrogens is 226 g/mol. The maximum atomic E-state index is 11.2. The van der Waals surface area contributed by atoms with Crippen LogP contribution in [0.3, 0.4) is 0 Å². The van der Waals surface area contributed by atoms with Crippen molar-refractivity contribution in [3.05, 3.63) is 0 Å². The van der Waals surface area contributed by atoms with E-state index in [1.165, 1.54) is 6.42 Å². The maximum Gasteiger partial charge on any atom is 0.150 e. The lowest BCUT2D eigenvalue weighted by atomic mass is 10.0.